The molecule has 0 N–H and O–H groups in total. The highest BCUT2D eigenvalue weighted by atomic mass is 35.5. The molecule has 0 spiro atoms. The Labute approximate surface area is 102 Å². The summed E-state index contributed by atoms with van der Waals surface area (Å²) in [4.78, 5) is 0. The summed E-state index contributed by atoms with van der Waals surface area (Å²) in [6.45, 7) is 4.49. The number of halogens is 1. The number of rotatable bonds is 3. The number of aromatic nitrogens is 3. The maximum atomic E-state index is 6.15. The monoisotopic (exact) mass is 241 g/mol. The summed E-state index contributed by atoms with van der Waals surface area (Å²) < 4.78 is 2.17. The summed E-state index contributed by atoms with van der Waals surface area (Å²) in [6, 6.07) is 0.521. The average molecular weight is 242 g/mol. The van der Waals surface area contributed by atoms with E-state index < -0.39 is 0 Å². The predicted octanol–water partition coefficient (Wildman–Crippen LogP) is 3.64. The summed E-state index contributed by atoms with van der Waals surface area (Å²) in [5.74, 6) is 1.86. The summed E-state index contributed by atoms with van der Waals surface area (Å²) in [5, 5.41) is 8.77. The van der Waals surface area contributed by atoms with E-state index in [1.54, 1.807) is 0 Å². The van der Waals surface area contributed by atoms with Gasteiger partial charge >= 0.3 is 0 Å². The summed E-state index contributed by atoms with van der Waals surface area (Å²) >= 11 is 6.15. The van der Waals surface area contributed by atoms with Crippen LogP contribution in [0.4, 0.5) is 0 Å². The molecule has 0 saturated heterocycles. The Morgan fingerprint density at radius 2 is 2.19 bits per heavy atom. The van der Waals surface area contributed by atoms with Gasteiger partial charge in [-0.3, -0.25) is 4.57 Å². The lowest BCUT2D eigenvalue weighted by Crippen LogP contribution is -2.19. The van der Waals surface area contributed by atoms with Crippen molar-refractivity contribution in [1.82, 2.24) is 14.8 Å². The van der Waals surface area contributed by atoms with Gasteiger partial charge in [0.15, 0.2) is 0 Å². The van der Waals surface area contributed by atoms with Crippen molar-refractivity contribution in [2.45, 2.75) is 58.4 Å². The molecule has 1 aliphatic rings. The van der Waals surface area contributed by atoms with Crippen molar-refractivity contribution in [3.63, 3.8) is 0 Å². The number of hydrogen-bond donors (Lipinski definition) is 0. The molecule has 1 aromatic heterocycles. The average Bonchev–Trinajstić information content (AvgIpc) is 2.60. The van der Waals surface area contributed by atoms with Crippen molar-refractivity contribution in [3.05, 3.63) is 11.1 Å². The molecular weight excluding hydrogens is 222 g/mol. The van der Waals surface area contributed by atoms with Crippen molar-refractivity contribution in [2.24, 2.45) is 5.92 Å². The van der Waals surface area contributed by atoms with E-state index in [1.807, 2.05) is 0 Å². The first kappa shape index (κ1) is 11.9. The smallest absolute Gasteiger partial charge is 0.225 e. The van der Waals surface area contributed by atoms with E-state index in [9.17, 15) is 0 Å². The lowest BCUT2D eigenvalue weighted by molar-refractivity contribution is 0.277. The molecular formula is C12H20ClN3. The maximum Gasteiger partial charge on any atom is 0.225 e. The fraction of sp³-hybridized carbons (Fsp3) is 0.833. The zero-order valence-corrected chi connectivity index (χ0v) is 10.9. The Morgan fingerprint density at radius 3 is 2.88 bits per heavy atom. The fourth-order valence-corrected chi connectivity index (χ4v) is 2.97. The minimum absolute atomic E-state index is 0.521. The second-order valence-corrected chi connectivity index (χ2v) is 5.27. The van der Waals surface area contributed by atoms with Gasteiger partial charge in [0.05, 0.1) is 0 Å². The first-order valence-electron chi connectivity index (χ1n) is 6.31. The summed E-state index contributed by atoms with van der Waals surface area (Å²) in [6.07, 6.45) is 7.15. The molecule has 2 rings (SSSR count). The van der Waals surface area contributed by atoms with E-state index in [-0.39, 0.29) is 0 Å². The highest BCUT2D eigenvalue weighted by Gasteiger charge is 2.24. The Morgan fingerprint density at radius 1 is 1.38 bits per heavy atom. The van der Waals surface area contributed by atoms with E-state index in [1.165, 1.54) is 25.7 Å². The zero-order valence-electron chi connectivity index (χ0n) is 10.1. The molecule has 1 saturated carbocycles. The lowest BCUT2D eigenvalue weighted by Gasteiger charge is -2.28. The quantitative estimate of drug-likeness (QED) is 0.809. The fourth-order valence-electron chi connectivity index (χ4n) is 2.69. The highest BCUT2D eigenvalue weighted by molar-refractivity contribution is 6.28. The van der Waals surface area contributed by atoms with Gasteiger partial charge in [0.2, 0.25) is 5.28 Å². The topological polar surface area (TPSA) is 30.7 Å². The van der Waals surface area contributed by atoms with Crippen LogP contribution in [0.5, 0.6) is 0 Å². The largest absolute Gasteiger partial charge is 0.299 e. The molecule has 0 bridgehead atoms. The van der Waals surface area contributed by atoms with Crippen molar-refractivity contribution < 1.29 is 0 Å². The molecule has 0 amide bonds. The molecule has 0 aliphatic heterocycles. The summed E-state index contributed by atoms with van der Waals surface area (Å²) in [7, 11) is 0. The molecule has 1 aromatic rings. The number of nitrogens with zero attached hydrogens (tertiary/aromatic N) is 3. The number of hydrogen-bond acceptors (Lipinski definition) is 2. The third kappa shape index (κ3) is 2.40. The van der Waals surface area contributed by atoms with Gasteiger partial charge in [-0.15, -0.1) is 10.2 Å². The second-order valence-electron chi connectivity index (χ2n) is 4.93. The molecule has 3 nitrogen and oxygen atoms in total. The van der Waals surface area contributed by atoms with E-state index >= 15 is 0 Å². The van der Waals surface area contributed by atoms with Crippen LogP contribution in [0.15, 0.2) is 0 Å². The van der Waals surface area contributed by atoms with Crippen molar-refractivity contribution in [2.75, 3.05) is 0 Å². The normalized spacial score (nSPS) is 25.9. The molecule has 2 unspecified atom stereocenters. The molecule has 0 aromatic carbocycles. The van der Waals surface area contributed by atoms with Gasteiger partial charge in [0.1, 0.15) is 5.82 Å². The van der Waals surface area contributed by atoms with Crippen molar-refractivity contribution in [3.8, 4) is 0 Å². The van der Waals surface area contributed by atoms with Crippen LogP contribution < -0.4 is 0 Å². The van der Waals surface area contributed by atoms with Crippen molar-refractivity contribution >= 4 is 11.6 Å². The van der Waals surface area contributed by atoms with Crippen LogP contribution in [-0.4, -0.2) is 14.8 Å². The third-order valence-electron chi connectivity index (χ3n) is 3.47. The molecule has 0 radical (unpaired) electrons. The van der Waals surface area contributed by atoms with Gasteiger partial charge in [-0.05, 0) is 36.8 Å². The van der Waals surface area contributed by atoms with Gasteiger partial charge in [-0.2, -0.15) is 0 Å². The molecule has 2 atom stereocenters. The van der Waals surface area contributed by atoms with Gasteiger partial charge in [-0.1, -0.05) is 26.7 Å². The molecule has 1 aliphatic carbocycles. The minimum atomic E-state index is 0.521. The van der Waals surface area contributed by atoms with E-state index in [4.69, 9.17) is 11.6 Å². The van der Waals surface area contributed by atoms with Crippen LogP contribution in [-0.2, 0) is 6.42 Å². The standard InChI is InChI=1S/C12H20ClN3/c1-3-5-11-14-15-12(13)16(11)10-7-4-6-9(2)8-10/h9-10H,3-8H2,1-2H3. The Bertz CT molecular complexity index is 348. The Kier molecular flexibility index (Phi) is 3.85. The van der Waals surface area contributed by atoms with Gasteiger partial charge in [-0.25, -0.2) is 0 Å². The Balaban J connectivity index is 2.20. The van der Waals surface area contributed by atoms with Crippen LogP contribution in [0.1, 0.15) is 57.8 Å². The van der Waals surface area contributed by atoms with Crippen LogP contribution in [0.2, 0.25) is 5.28 Å². The predicted molar refractivity (Wildman–Crippen MR) is 65.7 cm³/mol. The summed E-state index contributed by atoms with van der Waals surface area (Å²) in [5.41, 5.74) is 0. The highest BCUT2D eigenvalue weighted by Crippen LogP contribution is 2.34. The van der Waals surface area contributed by atoms with Gasteiger partial charge in [0.25, 0.3) is 0 Å². The van der Waals surface area contributed by atoms with E-state index in [0.29, 0.717) is 11.3 Å². The van der Waals surface area contributed by atoms with Crippen LogP contribution in [0.3, 0.4) is 0 Å². The molecule has 1 fully saturated rings. The zero-order chi connectivity index (χ0) is 11.5. The third-order valence-corrected chi connectivity index (χ3v) is 3.73. The van der Waals surface area contributed by atoms with Crippen LogP contribution in [0, 0.1) is 5.92 Å². The first-order chi connectivity index (χ1) is 7.72. The number of aryl methyl sites for hydroxylation is 1. The Hall–Kier alpha value is -0.570. The maximum absolute atomic E-state index is 6.15. The van der Waals surface area contributed by atoms with Gasteiger partial charge < -0.3 is 0 Å². The van der Waals surface area contributed by atoms with E-state index in [2.05, 4.69) is 28.6 Å². The lowest BCUT2D eigenvalue weighted by atomic mass is 9.87. The molecule has 16 heavy (non-hydrogen) atoms. The van der Waals surface area contributed by atoms with Crippen molar-refractivity contribution in [1.29, 1.82) is 0 Å². The molecule has 1 heterocycles. The first-order valence-corrected chi connectivity index (χ1v) is 6.69. The second kappa shape index (κ2) is 5.17. The van der Waals surface area contributed by atoms with Crippen LogP contribution in [0.25, 0.3) is 0 Å². The minimum Gasteiger partial charge on any atom is -0.299 e. The SMILES string of the molecule is CCCc1nnc(Cl)n1C1CCCC(C)C1. The molecule has 4 heteroatoms. The van der Waals surface area contributed by atoms with E-state index in [0.717, 1.165) is 24.6 Å². The van der Waals surface area contributed by atoms with Gasteiger partial charge in [0, 0.05) is 12.5 Å². The molecule has 90 valence electrons. The van der Waals surface area contributed by atoms with Crippen LogP contribution >= 0.6 is 11.6 Å².